The van der Waals surface area contributed by atoms with Crippen molar-refractivity contribution >= 4 is 17.6 Å². The molecule has 152 valence electrons. The van der Waals surface area contributed by atoms with Crippen LogP contribution in [0.4, 0.5) is 5.95 Å². The lowest BCUT2D eigenvalue weighted by Crippen LogP contribution is -2.40. The van der Waals surface area contributed by atoms with Crippen LogP contribution in [-0.4, -0.2) is 39.2 Å². The van der Waals surface area contributed by atoms with Gasteiger partial charge in [0.15, 0.2) is 0 Å². The Morgan fingerprint density at radius 1 is 1.10 bits per heavy atom. The van der Waals surface area contributed by atoms with Crippen molar-refractivity contribution < 1.29 is 4.79 Å². The maximum atomic E-state index is 12.5. The number of hydrogen-bond donors (Lipinski definition) is 1. The topological polar surface area (TPSA) is 75.9 Å². The highest BCUT2D eigenvalue weighted by Crippen LogP contribution is 2.36. The van der Waals surface area contributed by atoms with Crippen molar-refractivity contribution in [1.82, 2.24) is 25.5 Å². The molecule has 0 bridgehead atoms. The number of carbonyl (C=O) groups excluding carboxylic acids is 1. The van der Waals surface area contributed by atoms with E-state index in [4.69, 9.17) is 0 Å². The molecule has 4 rings (SSSR count). The molecule has 3 aromatic rings. The highest BCUT2D eigenvalue weighted by Gasteiger charge is 2.31. The SMILES string of the molecule is C=CCNC(=O)CN1C(c2ccc(C)cc2)=C[C@H](c2ccc(C)cc2)n2nnnc21. The molecule has 1 aliphatic rings. The Balaban J connectivity index is 1.79. The highest BCUT2D eigenvalue weighted by molar-refractivity contribution is 5.89. The van der Waals surface area contributed by atoms with Gasteiger partial charge in [-0.3, -0.25) is 9.69 Å². The molecule has 7 heteroatoms. The number of allylic oxidation sites excluding steroid dienone is 1. The molecule has 0 saturated heterocycles. The van der Waals surface area contributed by atoms with Gasteiger partial charge in [0, 0.05) is 6.54 Å². The minimum Gasteiger partial charge on any atom is -0.351 e. The minimum atomic E-state index is -0.167. The van der Waals surface area contributed by atoms with E-state index >= 15 is 0 Å². The summed E-state index contributed by atoms with van der Waals surface area (Å²) in [5.74, 6) is 0.406. The molecule has 1 aromatic heterocycles. The molecule has 2 aromatic carbocycles. The maximum absolute atomic E-state index is 12.5. The van der Waals surface area contributed by atoms with E-state index in [1.165, 1.54) is 11.1 Å². The summed E-state index contributed by atoms with van der Waals surface area (Å²) in [5.41, 5.74) is 5.34. The van der Waals surface area contributed by atoms with E-state index in [-0.39, 0.29) is 18.5 Å². The smallest absolute Gasteiger partial charge is 0.251 e. The van der Waals surface area contributed by atoms with Crippen molar-refractivity contribution in [3.05, 3.63) is 89.5 Å². The fourth-order valence-corrected chi connectivity index (χ4v) is 3.48. The van der Waals surface area contributed by atoms with Gasteiger partial charge in [0.2, 0.25) is 5.91 Å². The largest absolute Gasteiger partial charge is 0.351 e. The Bertz CT molecular complexity index is 1080. The van der Waals surface area contributed by atoms with Crippen LogP contribution >= 0.6 is 0 Å². The van der Waals surface area contributed by atoms with Crippen LogP contribution in [0.15, 0.2) is 67.3 Å². The lowest BCUT2D eigenvalue weighted by molar-refractivity contribution is -0.119. The van der Waals surface area contributed by atoms with E-state index in [9.17, 15) is 4.79 Å². The monoisotopic (exact) mass is 400 g/mol. The lowest BCUT2D eigenvalue weighted by atomic mass is 9.99. The summed E-state index contributed by atoms with van der Waals surface area (Å²) in [7, 11) is 0. The van der Waals surface area contributed by atoms with E-state index in [1.54, 1.807) is 10.8 Å². The number of nitrogens with one attached hydrogen (secondary N) is 1. The van der Waals surface area contributed by atoms with E-state index < -0.39 is 0 Å². The molecule has 1 N–H and O–H groups in total. The molecule has 1 atom stereocenters. The molecule has 0 saturated carbocycles. The lowest BCUT2D eigenvalue weighted by Gasteiger charge is -2.32. The number of nitrogens with zero attached hydrogens (tertiary/aromatic N) is 5. The molecule has 2 heterocycles. The summed E-state index contributed by atoms with van der Waals surface area (Å²) in [6.45, 7) is 8.28. The number of amides is 1. The highest BCUT2D eigenvalue weighted by atomic mass is 16.2. The molecule has 1 amide bonds. The van der Waals surface area contributed by atoms with Crippen LogP contribution < -0.4 is 10.2 Å². The van der Waals surface area contributed by atoms with Crippen LogP contribution in [0.25, 0.3) is 5.70 Å². The molecular weight excluding hydrogens is 376 g/mol. The van der Waals surface area contributed by atoms with Crippen molar-refractivity contribution in [2.45, 2.75) is 19.9 Å². The second kappa shape index (κ2) is 8.32. The average molecular weight is 400 g/mol. The standard InChI is InChI=1S/C23H24N6O/c1-4-13-24-22(30)15-28-20(18-9-5-16(2)6-10-18)14-21(29-23(28)25-26-27-29)19-11-7-17(3)8-12-19/h4-12,14,21H,1,13,15H2,2-3H3,(H,24,30)/t21-/m1/s1. The number of tetrazole rings is 1. The minimum absolute atomic E-state index is 0.106. The Morgan fingerprint density at radius 2 is 1.77 bits per heavy atom. The first-order chi connectivity index (χ1) is 14.6. The van der Waals surface area contributed by atoms with Gasteiger partial charge in [0.1, 0.15) is 12.6 Å². The van der Waals surface area contributed by atoms with Gasteiger partial charge in [-0.25, -0.2) is 0 Å². The van der Waals surface area contributed by atoms with Gasteiger partial charge >= 0.3 is 0 Å². The fraction of sp³-hybridized carbons (Fsp3) is 0.217. The first-order valence-electron chi connectivity index (χ1n) is 9.85. The third kappa shape index (κ3) is 3.87. The first-order valence-corrected chi connectivity index (χ1v) is 9.85. The molecule has 0 aliphatic carbocycles. The molecule has 0 fully saturated rings. The van der Waals surface area contributed by atoms with Gasteiger partial charge in [-0.2, -0.15) is 4.68 Å². The predicted octanol–water partition coefficient (Wildman–Crippen LogP) is 3.04. The van der Waals surface area contributed by atoms with Crippen LogP contribution in [-0.2, 0) is 4.79 Å². The van der Waals surface area contributed by atoms with Crippen LogP contribution in [0.1, 0.15) is 28.3 Å². The van der Waals surface area contributed by atoms with Crippen LogP contribution in [0.3, 0.4) is 0 Å². The molecular formula is C23H24N6O. The summed E-state index contributed by atoms with van der Waals surface area (Å²) < 4.78 is 1.75. The van der Waals surface area contributed by atoms with Gasteiger partial charge in [-0.1, -0.05) is 70.8 Å². The summed E-state index contributed by atoms with van der Waals surface area (Å²) >= 11 is 0. The van der Waals surface area contributed by atoms with Crippen LogP contribution in [0.5, 0.6) is 0 Å². The molecule has 0 spiro atoms. The van der Waals surface area contributed by atoms with Crippen molar-refractivity contribution in [3.8, 4) is 0 Å². The second-order valence-electron chi connectivity index (χ2n) is 7.38. The van der Waals surface area contributed by atoms with Gasteiger partial charge in [-0.05, 0) is 41.5 Å². The Kier molecular flexibility index (Phi) is 5.43. The van der Waals surface area contributed by atoms with Gasteiger partial charge in [-0.15, -0.1) is 6.58 Å². The first kappa shape index (κ1) is 19.6. The van der Waals surface area contributed by atoms with E-state index in [0.29, 0.717) is 12.5 Å². The number of carbonyl (C=O) groups is 1. The van der Waals surface area contributed by atoms with Crippen molar-refractivity contribution in [1.29, 1.82) is 0 Å². The van der Waals surface area contributed by atoms with Crippen molar-refractivity contribution in [2.24, 2.45) is 0 Å². The zero-order valence-corrected chi connectivity index (χ0v) is 17.1. The molecule has 0 radical (unpaired) electrons. The van der Waals surface area contributed by atoms with Gasteiger partial charge < -0.3 is 5.32 Å². The third-order valence-corrected chi connectivity index (χ3v) is 5.10. The quantitative estimate of drug-likeness (QED) is 0.644. The molecule has 1 aliphatic heterocycles. The number of rotatable bonds is 6. The van der Waals surface area contributed by atoms with Crippen LogP contribution in [0, 0.1) is 13.8 Å². The Hall–Kier alpha value is -3.74. The number of fused-ring (bicyclic) bond motifs is 1. The molecule has 30 heavy (non-hydrogen) atoms. The van der Waals surface area contributed by atoms with Gasteiger partial charge in [0.05, 0.1) is 5.70 Å². The van der Waals surface area contributed by atoms with Crippen molar-refractivity contribution in [3.63, 3.8) is 0 Å². The number of aryl methyl sites for hydroxylation is 2. The Labute approximate surface area is 175 Å². The number of benzene rings is 2. The van der Waals surface area contributed by atoms with Crippen molar-refractivity contribution in [2.75, 3.05) is 18.0 Å². The van der Waals surface area contributed by atoms with E-state index in [1.807, 2.05) is 4.90 Å². The zero-order chi connectivity index (χ0) is 21.1. The number of hydrogen-bond acceptors (Lipinski definition) is 5. The van der Waals surface area contributed by atoms with E-state index in [2.05, 4.69) is 95.9 Å². The number of anilines is 1. The average Bonchev–Trinajstić information content (AvgIpc) is 3.24. The van der Waals surface area contributed by atoms with Gasteiger partial charge in [0.25, 0.3) is 5.95 Å². The molecule has 7 nitrogen and oxygen atoms in total. The predicted molar refractivity (Wildman–Crippen MR) is 117 cm³/mol. The summed E-state index contributed by atoms with van der Waals surface area (Å²) in [4.78, 5) is 14.4. The second-order valence-corrected chi connectivity index (χ2v) is 7.38. The zero-order valence-electron chi connectivity index (χ0n) is 17.1. The fourth-order valence-electron chi connectivity index (χ4n) is 3.48. The third-order valence-electron chi connectivity index (χ3n) is 5.10. The summed E-state index contributed by atoms with van der Waals surface area (Å²) in [5, 5.41) is 15.2. The normalized spacial score (nSPS) is 15.3. The van der Waals surface area contributed by atoms with Crippen LogP contribution in [0.2, 0.25) is 0 Å². The number of aromatic nitrogens is 4. The maximum Gasteiger partial charge on any atom is 0.251 e. The Morgan fingerprint density at radius 3 is 2.43 bits per heavy atom. The summed E-state index contributed by atoms with van der Waals surface area (Å²) in [6.07, 6.45) is 3.77. The van der Waals surface area contributed by atoms with E-state index in [0.717, 1.165) is 16.8 Å². The summed E-state index contributed by atoms with van der Waals surface area (Å²) in [6, 6.07) is 16.4. The molecule has 0 unspecified atom stereocenters.